The van der Waals surface area contributed by atoms with Crippen molar-refractivity contribution in [3.63, 3.8) is 0 Å². The van der Waals surface area contributed by atoms with E-state index >= 15 is 0 Å². The number of nitrogens with two attached hydrogens (primary N) is 1. The van der Waals surface area contributed by atoms with Crippen LogP contribution >= 0.6 is 0 Å². The monoisotopic (exact) mass is 352 g/mol. The van der Waals surface area contributed by atoms with Gasteiger partial charge in [0.2, 0.25) is 0 Å². The Morgan fingerprint density at radius 2 is 1.96 bits per heavy atom. The largest absolute Gasteiger partial charge is 0.462 e. The molecule has 0 fully saturated rings. The third-order valence-corrected chi connectivity index (χ3v) is 3.81. The summed E-state index contributed by atoms with van der Waals surface area (Å²) in [5.74, 6) is -0.0949. The molecule has 0 bridgehead atoms. The third kappa shape index (κ3) is 3.34. The highest BCUT2D eigenvalue weighted by Gasteiger charge is 2.18. The Morgan fingerprint density at radius 3 is 2.62 bits per heavy atom. The van der Waals surface area contributed by atoms with Crippen molar-refractivity contribution >= 4 is 17.5 Å². The molecule has 134 valence electrons. The van der Waals surface area contributed by atoms with Crippen LogP contribution in [0.4, 0.5) is 11.5 Å². The first-order valence-electron chi connectivity index (χ1n) is 8.13. The average Bonchev–Trinajstić information content (AvgIpc) is 3.03. The normalized spacial score (nSPS) is 10.6. The van der Waals surface area contributed by atoms with E-state index in [1.54, 1.807) is 19.2 Å². The molecule has 0 spiro atoms. The van der Waals surface area contributed by atoms with Crippen LogP contribution in [0.1, 0.15) is 17.3 Å². The van der Waals surface area contributed by atoms with Crippen molar-refractivity contribution in [2.24, 2.45) is 0 Å². The molecule has 0 atom stereocenters. The number of hydrogen-bond acceptors (Lipinski definition) is 7. The highest BCUT2D eigenvalue weighted by Crippen LogP contribution is 2.22. The molecule has 3 aromatic rings. The Hall–Kier alpha value is -3.42. The molecule has 8 heteroatoms. The summed E-state index contributed by atoms with van der Waals surface area (Å²) < 4.78 is 6.29. The number of rotatable bonds is 5. The molecule has 3 rings (SSSR count). The number of esters is 1. The first kappa shape index (κ1) is 17.4. The van der Waals surface area contributed by atoms with Gasteiger partial charge in [-0.2, -0.15) is 9.78 Å². The van der Waals surface area contributed by atoms with Crippen LogP contribution < -0.4 is 10.6 Å². The zero-order valence-corrected chi connectivity index (χ0v) is 14.9. The first-order chi connectivity index (χ1) is 12.5. The van der Waals surface area contributed by atoms with Gasteiger partial charge in [-0.25, -0.2) is 14.8 Å². The van der Waals surface area contributed by atoms with E-state index in [0.29, 0.717) is 0 Å². The molecule has 2 aromatic heterocycles. The van der Waals surface area contributed by atoms with E-state index in [0.717, 1.165) is 16.9 Å². The zero-order chi connectivity index (χ0) is 18.7. The molecule has 0 amide bonds. The molecule has 0 saturated carbocycles. The number of benzene rings is 1. The molecular weight excluding hydrogens is 332 g/mol. The number of nitrogens with zero attached hydrogens (tertiary/aromatic N) is 5. The molecule has 2 heterocycles. The van der Waals surface area contributed by atoms with E-state index in [1.165, 1.54) is 10.9 Å². The first-order valence-corrected chi connectivity index (χ1v) is 8.13. The van der Waals surface area contributed by atoms with Crippen molar-refractivity contribution in [1.29, 1.82) is 0 Å². The summed E-state index contributed by atoms with van der Waals surface area (Å²) >= 11 is 0. The Bertz CT molecular complexity index is 918. The third-order valence-electron chi connectivity index (χ3n) is 3.81. The second-order valence-corrected chi connectivity index (χ2v) is 5.76. The quantitative estimate of drug-likeness (QED) is 0.702. The van der Waals surface area contributed by atoms with Gasteiger partial charge in [-0.1, -0.05) is 12.1 Å². The van der Waals surface area contributed by atoms with E-state index in [1.807, 2.05) is 43.3 Å². The highest BCUT2D eigenvalue weighted by atomic mass is 16.5. The maximum atomic E-state index is 11.9. The van der Waals surface area contributed by atoms with Crippen LogP contribution in [0.25, 0.3) is 17.2 Å². The van der Waals surface area contributed by atoms with Gasteiger partial charge >= 0.3 is 5.97 Å². The minimum absolute atomic E-state index is 0.142. The van der Waals surface area contributed by atoms with Crippen molar-refractivity contribution in [2.45, 2.75) is 6.92 Å². The molecule has 1 aromatic carbocycles. The van der Waals surface area contributed by atoms with E-state index < -0.39 is 5.97 Å². The fourth-order valence-corrected chi connectivity index (χ4v) is 2.42. The summed E-state index contributed by atoms with van der Waals surface area (Å²) in [4.78, 5) is 22.6. The van der Waals surface area contributed by atoms with E-state index in [4.69, 9.17) is 10.5 Å². The van der Waals surface area contributed by atoms with Crippen molar-refractivity contribution in [3.05, 3.63) is 48.3 Å². The van der Waals surface area contributed by atoms with Crippen LogP contribution in [0.15, 0.2) is 42.7 Å². The summed E-state index contributed by atoms with van der Waals surface area (Å²) in [6.45, 7) is 1.99. The van der Waals surface area contributed by atoms with Crippen LogP contribution in [-0.4, -0.2) is 46.4 Å². The molecule has 2 N–H and O–H groups in total. The van der Waals surface area contributed by atoms with E-state index in [-0.39, 0.29) is 23.9 Å². The fraction of sp³-hybridized carbons (Fsp3) is 0.222. The number of anilines is 2. The number of carbonyl (C=O) groups is 1. The number of hydrogen-bond donors (Lipinski definition) is 1. The summed E-state index contributed by atoms with van der Waals surface area (Å²) in [5, 5.41) is 4.12. The van der Waals surface area contributed by atoms with Crippen molar-refractivity contribution in [1.82, 2.24) is 19.7 Å². The lowest BCUT2D eigenvalue weighted by atomic mass is 10.1. The summed E-state index contributed by atoms with van der Waals surface area (Å²) in [7, 11) is 3.97. The SMILES string of the molecule is CCOC(=O)c1cnn(-c2nccc(-c3ccc(N(C)C)cc3)n2)c1N. The number of carbonyl (C=O) groups excluding carboxylic acids is 1. The number of ether oxygens (including phenoxy) is 1. The molecule has 0 aliphatic carbocycles. The lowest BCUT2D eigenvalue weighted by Gasteiger charge is -2.12. The molecule has 0 unspecified atom stereocenters. The average molecular weight is 352 g/mol. The maximum Gasteiger partial charge on any atom is 0.343 e. The van der Waals surface area contributed by atoms with Crippen molar-refractivity contribution in [2.75, 3.05) is 31.3 Å². The van der Waals surface area contributed by atoms with Gasteiger partial charge in [0.05, 0.1) is 18.5 Å². The summed E-state index contributed by atoms with van der Waals surface area (Å²) in [6, 6.07) is 9.80. The zero-order valence-electron chi connectivity index (χ0n) is 14.9. The molecule has 26 heavy (non-hydrogen) atoms. The van der Waals surface area contributed by atoms with Gasteiger partial charge in [0, 0.05) is 31.5 Å². The van der Waals surface area contributed by atoms with Crippen LogP contribution in [-0.2, 0) is 4.74 Å². The Labute approximate surface area is 151 Å². The van der Waals surface area contributed by atoms with Crippen LogP contribution in [0, 0.1) is 0 Å². The smallest absolute Gasteiger partial charge is 0.343 e. The van der Waals surface area contributed by atoms with Crippen molar-refractivity contribution in [3.8, 4) is 17.2 Å². The van der Waals surface area contributed by atoms with Crippen LogP contribution in [0.5, 0.6) is 0 Å². The molecule has 0 saturated heterocycles. The minimum Gasteiger partial charge on any atom is -0.462 e. The second-order valence-electron chi connectivity index (χ2n) is 5.76. The lowest BCUT2D eigenvalue weighted by Crippen LogP contribution is -2.11. The Kier molecular flexibility index (Phi) is 4.83. The van der Waals surface area contributed by atoms with Crippen molar-refractivity contribution < 1.29 is 9.53 Å². The van der Waals surface area contributed by atoms with Gasteiger partial charge in [-0.3, -0.25) is 0 Å². The molecule has 0 aliphatic rings. The molecule has 0 aliphatic heterocycles. The summed E-state index contributed by atoms with van der Waals surface area (Å²) in [6.07, 6.45) is 2.98. The van der Waals surface area contributed by atoms with Gasteiger partial charge < -0.3 is 15.4 Å². The van der Waals surface area contributed by atoms with Crippen LogP contribution in [0.3, 0.4) is 0 Å². The Morgan fingerprint density at radius 1 is 1.23 bits per heavy atom. The van der Waals surface area contributed by atoms with Gasteiger partial charge in [0.1, 0.15) is 11.4 Å². The van der Waals surface area contributed by atoms with Gasteiger partial charge in [-0.05, 0) is 25.1 Å². The predicted molar refractivity (Wildman–Crippen MR) is 99.3 cm³/mol. The fourth-order valence-electron chi connectivity index (χ4n) is 2.42. The van der Waals surface area contributed by atoms with Gasteiger partial charge in [-0.15, -0.1) is 0 Å². The summed E-state index contributed by atoms with van der Waals surface area (Å²) in [5.41, 5.74) is 8.98. The number of nitrogen functional groups attached to an aromatic ring is 1. The molecular formula is C18H20N6O2. The molecule has 0 radical (unpaired) electrons. The minimum atomic E-state index is -0.522. The van der Waals surface area contributed by atoms with Crippen LogP contribution in [0.2, 0.25) is 0 Å². The van der Waals surface area contributed by atoms with E-state index in [9.17, 15) is 4.79 Å². The standard InChI is InChI=1S/C18H20N6O2/c1-4-26-17(25)14-11-21-24(16(14)19)18-20-10-9-15(22-18)12-5-7-13(8-6-12)23(2)3/h5-11H,4,19H2,1-3H3. The highest BCUT2D eigenvalue weighted by molar-refractivity contribution is 5.94. The predicted octanol–water partition coefficient (Wildman–Crippen LogP) is 2.15. The number of aromatic nitrogens is 4. The van der Waals surface area contributed by atoms with E-state index in [2.05, 4.69) is 15.1 Å². The molecule has 8 nitrogen and oxygen atoms in total. The maximum absolute atomic E-state index is 11.9. The Balaban J connectivity index is 1.94. The second kappa shape index (κ2) is 7.22. The van der Waals surface area contributed by atoms with Gasteiger partial charge in [0.15, 0.2) is 0 Å². The van der Waals surface area contributed by atoms with Gasteiger partial charge in [0.25, 0.3) is 5.95 Å². The topological polar surface area (TPSA) is 99.2 Å². The lowest BCUT2D eigenvalue weighted by molar-refractivity contribution is 0.0527.